The fourth-order valence-electron chi connectivity index (χ4n) is 3.27. The van der Waals surface area contributed by atoms with E-state index >= 15 is 0 Å². The minimum atomic E-state index is -0.467. The SMILES string of the molecule is COC(=O)CCCCCCN1C(=O)CCC1COC(=O)NCc1ccccc1. The molecule has 1 aromatic rings. The Morgan fingerprint density at radius 1 is 1.14 bits per heavy atom. The molecule has 1 aliphatic rings. The van der Waals surface area contributed by atoms with Crippen LogP contribution < -0.4 is 5.32 Å². The molecule has 7 nitrogen and oxygen atoms in total. The molecule has 1 N–H and O–H groups in total. The standard InChI is InChI=1S/C21H30N2O5/c1-27-20(25)11-7-2-3-8-14-23-18(12-13-19(23)24)16-28-21(26)22-15-17-9-5-4-6-10-17/h4-6,9-10,18H,2-3,7-8,11-16H2,1H3,(H,22,26). The fourth-order valence-corrected chi connectivity index (χ4v) is 3.27. The summed E-state index contributed by atoms with van der Waals surface area (Å²) < 4.78 is 9.93. The molecule has 1 atom stereocenters. The molecule has 1 saturated heterocycles. The number of benzene rings is 1. The van der Waals surface area contributed by atoms with Gasteiger partial charge in [-0.15, -0.1) is 0 Å². The number of hydrogen-bond acceptors (Lipinski definition) is 5. The number of nitrogens with zero attached hydrogens (tertiary/aromatic N) is 1. The van der Waals surface area contributed by atoms with Gasteiger partial charge in [0.05, 0.1) is 13.2 Å². The summed E-state index contributed by atoms with van der Waals surface area (Å²) in [4.78, 5) is 36.9. The van der Waals surface area contributed by atoms with E-state index in [4.69, 9.17) is 4.74 Å². The molecule has 1 fully saturated rings. The number of alkyl carbamates (subject to hydrolysis) is 1. The summed E-state index contributed by atoms with van der Waals surface area (Å²) in [5, 5.41) is 2.73. The first-order chi connectivity index (χ1) is 13.6. The van der Waals surface area contributed by atoms with Crippen molar-refractivity contribution in [3.8, 4) is 0 Å². The summed E-state index contributed by atoms with van der Waals surface area (Å²) in [6.45, 7) is 1.30. The van der Waals surface area contributed by atoms with E-state index < -0.39 is 6.09 Å². The molecule has 0 radical (unpaired) electrons. The topological polar surface area (TPSA) is 84.9 Å². The van der Waals surface area contributed by atoms with Gasteiger partial charge in [0, 0.05) is 25.9 Å². The van der Waals surface area contributed by atoms with Gasteiger partial charge in [0.2, 0.25) is 5.91 Å². The minimum Gasteiger partial charge on any atom is -0.469 e. The minimum absolute atomic E-state index is 0.0509. The van der Waals surface area contributed by atoms with Crippen LogP contribution in [-0.2, 0) is 25.6 Å². The van der Waals surface area contributed by atoms with Crippen LogP contribution in [0.15, 0.2) is 30.3 Å². The van der Waals surface area contributed by atoms with E-state index in [0.29, 0.717) is 32.4 Å². The van der Waals surface area contributed by atoms with E-state index in [0.717, 1.165) is 31.2 Å². The molecule has 1 aliphatic heterocycles. The highest BCUT2D eigenvalue weighted by molar-refractivity contribution is 5.78. The Labute approximate surface area is 166 Å². The van der Waals surface area contributed by atoms with Crippen molar-refractivity contribution in [1.82, 2.24) is 10.2 Å². The first-order valence-corrected chi connectivity index (χ1v) is 9.91. The van der Waals surface area contributed by atoms with Crippen molar-refractivity contribution in [3.63, 3.8) is 0 Å². The molecule has 1 heterocycles. The van der Waals surface area contributed by atoms with Gasteiger partial charge in [-0.1, -0.05) is 43.2 Å². The van der Waals surface area contributed by atoms with Crippen LogP contribution in [0.3, 0.4) is 0 Å². The van der Waals surface area contributed by atoms with E-state index in [9.17, 15) is 14.4 Å². The Bertz CT molecular complexity index is 635. The lowest BCUT2D eigenvalue weighted by Crippen LogP contribution is -2.38. The number of unbranched alkanes of at least 4 members (excludes halogenated alkanes) is 3. The van der Waals surface area contributed by atoms with Crippen molar-refractivity contribution >= 4 is 18.0 Å². The molecule has 0 spiro atoms. The molecule has 0 saturated carbocycles. The molecule has 28 heavy (non-hydrogen) atoms. The fraction of sp³-hybridized carbons (Fsp3) is 0.571. The maximum atomic E-state index is 12.1. The summed E-state index contributed by atoms with van der Waals surface area (Å²) in [5.41, 5.74) is 1.00. The third-order valence-electron chi connectivity index (χ3n) is 4.90. The lowest BCUT2D eigenvalue weighted by Gasteiger charge is -2.24. The van der Waals surface area contributed by atoms with Gasteiger partial charge >= 0.3 is 12.1 Å². The van der Waals surface area contributed by atoms with Gasteiger partial charge < -0.3 is 19.7 Å². The first-order valence-electron chi connectivity index (χ1n) is 9.91. The van der Waals surface area contributed by atoms with E-state index in [-0.39, 0.29) is 24.5 Å². The van der Waals surface area contributed by atoms with Gasteiger partial charge in [0.15, 0.2) is 0 Å². The van der Waals surface area contributed by atoms with Gasteiger partial charge in [-0.25, -0.2) is 4.79 Å². The smallest absolute Gasteiger partial charge is 0.407 e. The number of likely N-dealkylation sites (tertiary alicyclic amines) is 1. The van der Waals surface area contributed by atoms with Crippen LogP contribution in [0, 0.1) is 0 Å². The first kappa shape index (κ1) is 21.7. The Morgan fingerprint density at radius 2 is 1.89 bits per heavy atom. The van der Waals surface area contributed by atoms with Gasteiger partial charge in [0.25, 0.3) is 0 Å². The zero-order chi connectivity index (χ0) is 20.2. The van der Waals surface area contributed by atoms with Crippen LogP contribution in [0.4, 0.5) is 4.79 Å². The summed E-state index contributed by atoms with van der Waals surface area (Å²) in [6.07, 6.45) is 4.75. The Hall–Kier alpha value is -2.57. The maximum absolute atomic E-state index is 12.1. The molecule has 1 unspecified atom stereocenters. The van der Waals surface area contributed by atoms with Gasteiger partial charge in [-0.3, -0.25) is 9.59 Å². The molecule has 0 bridgehead atoms. The van der Waals surface area contributed by atoms with Gasteiger partial charge in [0.1, 0.15) is 6.61 Å². The Morgan fingerprint density at radius 3 is 2.64 bits per heavy atom. The average molecular weight is 390 g/mol. The van der Waals surface area contributed by atoms with E-state index in [1.54, 1.807) is 0 Å². The van der Waals surface area contributed by atoms with Crippen molar-refractivity contribution in [1.29, 1.82) is 0 Å². The molecule has 2 rings (SSSR count). The largest absolute Gasteiger partial charge is 0.469 e. The molecule has 154 valence electrons. The highest BCUT2D eigenvalue weighted by Crippen LogP contribution is 2.20. The van der Waals surface area contributed by atoms with Crippen LogP contribution in [-0.4, -0.2) is 49.2 Å². The lowest BCUT2D eigenvalue weighted by atomic mass is 10.1. The number of carbonyl (C=O) groups excluding carboxylic acids is 3. The highest BCUT2D eigenvalue weighted by Gasteiger charge is 2.31. The quantitative estimate of drug-likeness (QED) is 0.464. The summed E-state index contributed by atoms with van der Waals surface area (Å²) in [7, 11) is 1.39. The molecular formula is C21H30N2O5. The second-order valence-corrected chi connectivity index (χ2v) is 6.96. The number of rotatable bonds is 11. The van der Waals surface area contributed by atoms with Gasteiger partial charge in [-0.05, 0) is 24.8 Å². The Kier molecular flexibility index (Phi) is 9.31. The zero-order valence-electron chi connectivity index (χ0n) is 16.5. The second kappa shape index (κ2) is 12.0. The monoisotopic (exact) mass is 390 g/mol. The van der Waals surface area contributed by atoms with Crippen LogP contribution in [0.25, 0.3) is 0 Å². The summed E-state index contributed by atoms with van der Waals surface area (Å²) in [6, 6.07) is 9.57. The summed E-state index contributed by atoms with van der Waals surface area (Å²) >= 11 is 0. The number of carbonyl (C=O) groups is 3. The number of esters is 1. The highest BCUT2D eigenvalue weighted by atomic mass is 16.5. The van der Waals surface area contributed by atoms with Crippen LogP contribution in [0.2, 0.25) is 0 Å². The number of amides is 2. The van der Waals surface area contributed by atoms with E-state index in [1.807, 2.05) is 35.2 Å². The second-order valence-electron chi connectivity index (χ2n) is 6.96. The van der Waals surface area contributed by atoms with Crippen LogP contribution >= 0.6 is 0 Å². The number of ether oxygens (including phenoxy) is 2. The molecule has 0 aliphatic carbocycles. The third kappa shape index (κ3) is 7.58. The number of methoxy groups -OCH3 is 1. The normalized spacial score (nSPS) is 16.1. The molecule has 1 aromatic carbocycles. The van der Waals surface area contributed by atoms with Crippen molar-refractivity contribution in [2.45, 2.75) is 57.5 Å². The lowest BCUT2D eigenvalue weighted by molar-refractivity contribution is -0.140. The van der Waals surface area contributed by atoms with Crippen molar-refractivity contribution in [2.24, 2.45) is 0 Å². The van der Waals surface area contributed by atoms with E-state index in [1.165, 1.54) is 7.11 Å². The van der Waals surface area contributed by atoms with Crippen LogP contribution in [0.5, 0.6) is 0 Å². The van der Waals surface area contributed by atoms with E-state index in [2.05, 4.69) is 10.1 Å². The predicted octanol–water partition coefficient (Wildman–Crippen LogP) is 3.03. The van der Waals surface area contributed by atoms with Crippen molar-refractivity contribution in [3.05, 3.63) is 35.9 Å². The Balaban J connectivity index is 1.62. The summed E-state index contributed by atoms with van der Waals surface area (Å²) in [5.74, 6) is -0.0645. The van der Waals surface area contributed by atoms with Crippen molar-refractivity contribution in [2.75, 3.05) is 20.3 Å². The number of nitrogens with one attached hydrogen (secondary N) is 1. The van der Waals surface area contributed by atoms with Gasteiger partial charge in [-0.2, -0.15) is 0 Å². The predicted molar refractivity (Wildman–Crippen MR) is 104 cm³/mol. The van der Waals surface area contributed by atoms with Crippen LogP contribution in [0.1, 0.15) is 50.5 Å². The molecular weight excluding hydrogens is 360 g/mol. The third-order valence-corrected chi connectivity index (χ3v) is 4.90. The molecule has 0 aromatic heterocycles. The molecule has 2 amide bonds. The molecule has 7 heteroatoms. The zero-order valence-corrected chi connectivity index (χ0v) is 16.5. The maximum Gasteiger partial charge on any atom is 0.407 e. The van der Waals surface area contributed by atoms with Crippen molar-refractivity contribution < 1.29 is 23.9 Å². The number of hydrogen-bond donors (Lipinski definition) is 1. The average Bonchev–Trinajstić information content (AvgIpc) is 3.07.